The summed E-state index contributed by atoms with van der Waals surface area (Å²) in [7, 11) is -4.06. The molecule has 1 heterocycles. The average molecular weight is 413 g/mol. The Labute approximate surface area is 162 Å². The Morgan fingerprint density at radius 2 is 2.00 bits per heavy atom. The number of sulfonamides is 1. The number of rotatable bonds is 5. The Hall–Kier alpha value is -2.19. The molecule has 0 aliphatic carbocycles. The van der Waals surface area contributed by atoms with Crippen molar-refractivity contribution in [3.63, 3.8) is 0 Å². The van der Waals surface area contributed by atoms with Gasteiger partial charge in [0.2, 0.25) is 0 Å². The second kappa shape index (κ2) is 8.22. The van der Waals surface area contributed by atoms with Crippen LogP contribution in [0.25, 0.3) is 0 Å². The summed E-state index contributed by atoms with van der Waals surface area (Å²) >= 11 is 5.23. The van der Waals surface area contributed by atoms with Gasteiger partial charge in [-0.15, -0.1) is 0 Å². The minimum absolute atomic E-state index is 0.0143. The number of morpholine rings is 1. The van der Waals surface area contributed by atoms with E-state index in [2.05, 4.69) is 11.8 Å². The number of aliphatic hydroxyl groups excluding tert-OH is 1. The van der Waals surface area contributed by atoms with Gasteiger partial charge in [0.05, 0.1) is 11.4 Å². The molecule has 0 saturated carbocycles. The van der Waals surface area contributed by atoms with Gasteiger partial charge < -0.3 is 19.7 Å². The molecule has 8 nitrogen and oxygen atoms in total. The van der Waals surface area contributed by atoms with Gasteiger partial charge in [0.25, 0.3) is 10.0 Å². The van der Waals surface area contributed by atoms with E-state index in [0.717, 1.165) is 4.31 Å². The van der Waals surface area contributed by atoms with Crippen LogP contribution in [0.2, 0.25) is 0 Å². The third-order valence-corrected chi connectivity index (χ3v) is 6.32. The number of aliphatic carboxylic acids is 1. The maximum absolute atomic E-state index is 13.0. The van der Waals surface area contributed by atoms with E-state index in [-0.39, 0.29) is 23.1 Å². The van der Waals surface area contributed by atoms with Gasteiger partial charge in [-0.3, -0.25) is 4.31 Å². The molecular weight excluding hydrogens is 394 g/mol. The van der Waals surface area contributed by atoms with Crippen LogP contribution in [0.5, 0.6) is 5.75 Å². The third-order valence-electron chi connectivity index (χ3n) is 3.71. The zero-order chi connectivity index (χ0) is 20.2. The lowest BCUT2D eigenvalue weighted by molar-refractivity contribution is -0.159. The molecule has 1 aromatic rings. The Morgan fingerprint density at radius 3 is 2.56 bits per heavy atom. The monoisotopic (exact) mass is 413 g/mol. The molecule has 0 amide bonds. The Morgan fingerprint density at radius 1 is 1.37 bits per heavy atom. The summed E-state index contributed by atoms with van der Waals surface area (Å²) in [6.45, 7) is 2.42. The van der Waals surface area contributed by atoms with Gasteiger partial charge >= 0.3 is 5.97 Å². The smallest absolute Gasteiger partial charge is 0.334 e. The highest BCUT2D eigenvalue weighted by molar-refractivity contribution is 7.91. The summed E-state index contributed by atoms with van der Waals surface area (Å²) in [6.07, 6.45) is -1.32. The van der Waals surface area contributed by atoms with E-state index in [9.17, 15) is 18.3 Å². The molecule has 1 saturated heterocycles. The molecule has 0 radical (unpaired) electrons. The van der Waals surface area contributed by atoms with Crippen LogP contribution in [-0.2, 0) is 19.6 Å². The van der Waals surface area contributed by atoms with Crippen molar-refractivity contribution in [1.29, 1.82) is 0 Å². The second-order valence-corrected chi connectivity index (χ2v) is 8.32. The van der Waals surface area contributed by atoms with Crippen molar-refractivity contribution < 1.29 is 32.9 Å². The Bertz CT molecular complexity index is 882. The number of benzene rings is 1. The number of hydrogen-bond acceptors (Lipinski definition) is 7. The fourth-order valence-corrected chi connectivity index (χ4v) is 4.30. The second-order valence-electron chi connectivity index (χ2n) is 6.07. The molecule has 0 aromatic heterocycles. The van der Waals surface area contributed by atoms with Crippen molar-refractivity contribution >= 4 is 33.2 Å². The first kappa shape index (κ1) is 21.1. The Kier molecular flexibility index (Phi) is 6.43. The van der Waals surface area contributed by atoms with E-state index in [1.54, 1.807) is 0 Å². The minimum atomic E-state index is -4.06. The maximum Gasteiger partial charge on any atom is 0.334 e. The molecule has 1 aliphatic heterocycles. The van der Waals surface area contributed by atoms with E-state index < -0.39 is 34.2 Å². The van der Waals surface area contributed by atoms with Crippen molar-refractivity contribution in [2.75, 3.05) is 19.8 Å². The lowest BCUT2D eigenvalue weighted by Gasteiger charge is -2.41. The topological polar surface area (TPSA) is 113 Å². The van der Waals surface area contributed by atoms with Crippen LogP contribution in [0.3, 0.4) is 0 Å². The predicted octanol–water partition coefficient (Wildman–Crippen LogP) is 0.641. The molecule has 1 unspecified atom stereocenters. The third kappa shape index (κ3) is 4.75. The normalized spacial score (nSPS) is 19.1. The molecule has 1 aromatic carbocycles. The lowest BCUT2D eigenvalue weighted by Crippen LogP contribution is -2.59. The molecule has 146 valence electrons. The SMILES string of the molecule is CC1(C)OC(C(=O)O)CN(S(=O)(=O)c2ccc(OCC#CCO)cc2)C1=S. The van der Waals surface area contributed by atoms with Crippen LogP contribution in [-0.4, -0.2) is 65.4 Å². The van der Waals surface area contributed by atoms with Gasteiger partial charge in [0.1, 0.15) is 29.6 Å². The zero-order valence-electron chi connectivity index (χ0n) is 14.7. The standard InChI is InChI=1S/C17H19NO7S2/c1-17(2)16(26)18(11-14(25-17)15(20)21)27(22,23)13-7-5-12(6-8-13)24-10-4-3-9-19/h5-8,14,19H,9-11H2,1-2H3,(H,20,21). The van der Waals surface area contributed by atoms with E-state index in [1.807, 2.05) is 0 Å². The van der Waals surface area contributed by atoms with E-state index >= 15 is 0 Å². The summed E-state index contributed by atoms with van der Waals surface area (Å²) in [6, 6.07) is 5.59. The minimum Gasteiger partial charge on any atom is -0.481 e. The molecule has 27 heavy (non-hydrogen) atoms. The molecule has 2 N–H and O–H groups in total. The summed E-state index contributed by atoms with van der Waals surface area (Å²) in [5, 5.41) is 17.8. The number of carboxylic acid groups (broad SMARTS) is 1. The van der Waals surface area contributed by atoms with Crippen molar-refractivity contribution in [1.82, 2.24) is 4.31 Å². The van der Waals surface area contributed by atoms with Gasteiger partial charge in [0, 0.05) is 0 Å². The molecule has 0 spiro atoms. The van der Waals surface area contributed by atoms with Crippen LogP contribution >= 0.6 is 12.2 Å². The number of nitrogens with zero attached hydrogens (tertiary/aromatic N) is 1. The maximum atomic E-state index is 13.0. The molecule has 1 aliphatic rings. The highest BCUT2D eigenvalue weighted by Crippen LogP contribution is 2.29. The molecule has 2 rings (SSSR count). The molecule has 0 bridgehead atoms. The predicted molar refractivity (Wildman–Crippen MR) is 99.9 cm³/mol. The number of carbonyl (C=O) groups is 1. The van der Waals surface area contributed by atoms with E-state index in [0.29, 0.717) is 5.75 Å². The molecule has 1 atom stereocenters. The van der Waals surface area contributed by atoms with Crippen LogP contribution in [0, 0.1) is 11.8 Å². The lowest BCUT2D eigenvalue weighted by atomic mass is 10.1. The molecule has 1 fully saturated rings. The molecule has 10 heteroatoms. The highest BCUT2D eigenvalue weighted by atomic mass is 32.2. The first-order valence-corrected chi connectivity index (χ1v) is 9.71. The quantitative estimate of drug-likeness (QED) is 0.534. The van der Waals surface area contributed by atoms with Gasteiger partial charge in [-0.1, -0.05) is 24.1 Å². The number of ether oxygens (including phenoxy) is 2. The number of hydrogen-bond donors (Lipinski definition) is 2. The van der Waals surface area contributed by atoms with Crippen molar-refractivity contribution in [2.24, 2.45) is 0 Å². The molecular formula is C17H19NO7S2. The largest absolute Gasteiger partial charge is 0.481 e. The van der Waals surface area contributed by atoms with Crippen LogP contribution in [0.15, 0.2) is 29.2 Å². The number of carboxylic acids is 1. The van der Waals surface area contributed by atoms with E-state index in [1.165, 1.54) is 38.1 Å². The van der Waals surface area contributed by atoms with Crippen LogP contribution < -0.4 is 4.74 Å². The van der Waals surface area contributed by atoms with Crippen LogP contribution in [0.1, 0.15) is 13.8 Å². The van der Waals surface area contributed by atoms with Gasteiger partial charge in [0.15, 0.2) is 6.10 Å². The summed E-state index contributed by atoms with van der Waals surface area (Å²) in [5.41, 5.74) is -1.22. The number of aliphatic hydroxyl groups is 1. The van der Waals surface area contributed by atoms with Crippen LogP contribution in [0.4, 0.5) is 0 Å². The van der Waals surface area contributed by atoms with Gasteiger partial charge in [-0.2, -0.15) is 0 Å². The first-order valence-electron chi connectivity index (χ1n) is 7.87. The van der Waals surface area contributed by atoms with Crippen molar-refractivity contribution in [3.8, 4) is 17.6 Å². The fraction of sp³-hybridized carbons (Fsp3) is 0.412. The zero-order valence-corrected chi connectivity index (χ0v) is 16.3. The van der Waals surface area contributed by atoms with E-state index in [4.69, 9.17) is 26.8 Å². The Balaban J connectivity index is 2.25. The summed E-state index contributed by atoms with van der Waals surface area (Å²) in [4.78, 5) is 11.2. The van der Waals surface area contributed by atoms with Gasteiger partial charge in [-0.05, 0) is 38.1 Å². The highest BCUT2D eigenvalue weighted by Gasteiger charge is 2.45. The first-order chi connectivity index (χ1) is 12.6. The average Bonchev–Trinajstić information content (AvgIpc) is 2.61. The van der Waals surface area contributed by atoms with Crippen molar-refractivity contribution in [3.05, 3.63) is 24.3 Å². The fourth-order valence-electron chi connectivity index (χ4n) is 2.37. The van der Waals surface area contributed by atoms with Crippen molar-refractivity contribution in [2.45, 2.75) is 30.4 Å². The van der Waals surface area contributed by atoms with Gasteiger partial charge in [-0.25, -0.2) is 13.2 Å². The summed E-state index contributed by atoms with van der Waals surface area (Å²) < 4.78 is 37.5. The summed E-state index contributed by atoms with van der Waals surface area (Å²) in [5.74, 6) is 4.13. The number of thiocarbonyl (C=S) groups is 1.